The molecule has 248 valence electrons. The first-order valence-corrected chi connectivity index (χ1v) is 16.4. The molecule has 3 heterocycles. The predicted molar refractivity (Wildman–Crippen MR) is 188 cm³/mol. The molecule has 2 N–H and O–H groups in total. The lowest BCUT2D eigenvalue weighted by molar-refractivity contribution is 0.102. The molecule has 1 amide bonds. The molecule has 0 spiro atoms. The number of carbonyl (C=O) groups excluding carboxylic acids is 1. The van der Waals surface area contributed by atoms with Crippen LogP contribution in [0.5, 0.6) is 11.6 Å². The molecule has 0 radical (unpaired) electrons. The number of nitrogens with one attached hydrogen (secondary N) is 2. The van der Waals surface area contributed by atoms with E-state index >= 15 is 0 Å². The van der Waals surface area contributed by atoms with Gasteiger partial charge >= 0.3 is 0 Å². The van der Waals surface area contributed by atoms with Gasteiger partial charge in [0, 0.05) is 61.9 Å². The van der Waals surface area contributed by atoms with Gasteiger partial charge in [0.05, 0.1) is 0 Å². The highest BCUT2D eigenvalue weighted by atomic mass is 16.5. The summed E-state index contributed by atoms with van der Waals surface area (Å²) in [5.41, 5.74) is 5.91. The topological polar surface area (TPSA) is 122 Å². The van der Waals surface area contributed by atoms with Crippen LogP contribution in [0, 0.1) is 20.8 Å². The molecule has 5 aromatic rings. The van der Waals surface area contributed by atoms with Gasteiger partial charge < -0.3 is 24.8 Å². The van der Waals surface area contributed by atoms with Crippen molar-refractivity contribution in [2.75, 3.05) is 41.7 Å². The Labute approximate surface area is 281 Å². The zero-order chi connectivity index (χ0) is 33.6. The van der Waals surface area contributed by atoms with Crippen LogP contribution >= 0.6 is 0 Å². The summed E-state index contributed by atoms with van der Waals surface area (Å²) in [5, 5.41) is 10.2. The second-order valence-corrected chi connectivity index (χ2v) is 12.4. The lowest BCUT2D eigenvalue weighted by atomic mass is 10.1. The van der Waals surface area contributed by atoms with Gasteiger partial charge in [-0.25, -0.2) is 4.98 Å². The van der Waals surface area contributed by atoms with Crippen LogP contribution in [0.15, 0.2) is 77.4 Å². The summed E-state index contributed by atoms with van der Waals surface area (Å²) in [6, 6.07) is 22.4. The molecule has 1 aliphatic heterocycles. The Hall–Kier alpha value is -5.29. The van der Waals surface area contributed by atoms with Gasteiger partial charge in [0.1, 0.15) is 11.3 Å². The first-order valence-electron chi connectivity index (χ1n) is 16.4. The van der Waals surface area contributed by atoms with E-state index in [1.807, 2.05) is 68.4 Å². The van der Waals surface area contributed by atoms with Crippen molar-refractivity contribution in [3.8, 4) is 11.6 Å². The zero-order valence-corrected chi connectivity index (χ0v) is 28.2. The van der Waals surface area contributed by atoms with E-state index in [-0.39, 0.29) is 17.4 Å². The Morgan fingerprint density at radius 2 is 1.65 bits per heavy atom. The van der Waals surface area contributed by atoms with E-state index in [0.29, 0.717) is 42.3 Å². The molecular formula is C37H42N8O3. The van der Waals surface area contributed by atoms with Crippen molar-refractivity contribution in [3.63, 3.8) is 0 Å². The number of hydrogen-bond donors (Lipinski definition) is 2. The number of benzene rings is 3. The summed E-state index contributed by atoms with van der Waals surface area (Å²) in [6.07, 6.45) is 2.78. The Morgan fingerprint density at radius 3 is 2.33 bits per heavy atom. The van der Waals surface area contributed by atoms with Crippen LogP contribution < -0.4 is 20.3 Å². The van der Waals surface area contributed by atoms with Crippen LogP contribution in [-0.2, 0) is 12.8 Å². The molecule has 2 aromatic heterocycles. The van der Waals surface area contributed by atoms with Crippen molar-refractivity contribution < 1.29 is 14.1 Å². The molecule has 1 aliphatic rings. The number of aryl methyl sites for hydroxylation is 5. The second-order valence-electron chi connectivity index (χ2n) is 12.4. The minimum atomic E-state index is -0.362. The van der Waals surface area contributed by atoms with Gasteiger partial charge in [-0.2, -0.15) is 9.97 Å². The number of carbonyl (C=O) groups is 1. The maximum atomic E-state index is 13.7. The molecule has 48 heavy (non-hydrogen) atoms. The molecule has 3 aromatic carbocycles. The second kappa shape index (κ2) is 14.6. The first-order chi connectivity index (χ1) is 23.2. The van der Waals surface area contributed by atoms with Crippen molar-refractivity contribution in [3.05, 3.63) is 107 Å². The van der Waals surface area contributed by atoms with Crippen LogP contribution in [0.25, 0.3) is 0 Å². The normalized spacial score (nSPS) is 13.5. The highest BCUT2D eigenvalue weighted by molar-refractivity contribution is 6.06. The molecule has 6 rings (SSSR count). The van der Waals surface area contributed by atoms with Crippen LogP contribution in [0.4, 0.5) is 23.0 Å². The number of aromatic nitrogens is 4. The van der Waals surface area contributed by atoms with Gasteiger partial charge in [0.25, 0.3) is 5.91 Å². The molecule has 0 bridgehead atoms. The van der Waals surface area contributed by atoms with Crippen molar-refractivity contribution in [1.29, 1.82) is 0 Å². The number of anilines is 4. The molecule has 11 heteroatoms. The summed E-state index contributed by atoms with van der Waals surface area (Å²) >= 11 is 0. The first kappa shape index (κ1) is 32.6. The monoisotopic (exact) mass is 646 g/mol. The minimum absolute atomic E-state index is 0.139. The smallest absolute Gasteiger partial charge is 0.262 e. The number of rotatable bonds is 11. The van der Waals surface area contributed by atoms with Gasteiger partial charge in [-0.15, -0.1) is 0 Å². The van der Waals surface area contributed by atoms with Gasteiger partial charge in [0.2, 0.25) is 17.7 Å². The molecule has 1 saturated heterocycles. The molecule has 0 saturated carbocycles. The lowest BCUT2D eigenvalue weighted by Crippen LogP contribution is -2.48. The van der Waals surface area contributed by atoms with E-state index in [0.717, 1.165) is 54.2 Å². The maximum Gasteiger partial charge on any atom is 0.262 e. The van der Waals surface area contributed by atoms with E-state index in [9.17, 15) is 4.79 Å². The molecule has 0 aliphatic carbocycles. The third-order valence-corrected chi connectivity index (χ3v) is 8.56. The highest BCUT2D eigenvalue weighted by Crippen LogP contribution is 2.29. The fraction of sp³-hybridized carbons (Fsp3) is 0.324. The summed E-state index contributed by atoms with van der Waals surface area (Å²) in [4.78, 5) is 32.0. The summed E-state index contributed by atoms with van der Waals surface area (Å²) < 4.78 is 11.6. The van der Waals surface area contributed by atoms with Crippen molar-refractivity contribution >= 4 is 28.9 Å². The van der Waals surface area contributed by atoms with E-state index in [1.54, 1.807) is 6.92 Å². The van der Waals surface area contributed by atoms with Crippen LogP contribution in [-0.4, -0.2) is 63.1 Å². The third kappa shape index (κ3) is 7.98. The third-order valence-electron chi connectivity index (χ3n) is 8.56. The van der Waals surface area contributed by atoms with Gasteiger partial charge in [-0.05, 0) is 94.1 Å². The lowest BCUT2D eigenvalue weighted by Gasteiger charge is -2.38. The molecule has 11 nitrogen and oxygen atoms in total. The summed E-state index contributed by atoms with van der Waals surface area (Å²) in [5.74, 6) is 1.83. The number of hydrogen-bond acceptors (Lipinski definition) is 10. The molecular weight excluding hydrogens is 604 g/mol. The number of nitrogens with zero attached hydrogens (tertiary/aromatic N) is 6. The van der Waals surface area contributed by atoms with Gasteiger partial charge in [0.15, 0.2) is 5.82 Å². The Kier molecular flexibility index (Phi) is 9.96. The molecule has 0 atom stereocenters. The Balaban J connectivity index is 1.22. The quantitative estimate of drug-likeness (QED) is 0.157. The minimum Gasteiger partial charge on any atom is -0.438 e. The largest absolute Gasteiger partial charge is 0.438 e. The number of amides is 1. The maximum absolute atomic E-state index is 13.7. The Morgan fingerprint density at radius 1 is 0.917 bits per heavy atom. The summed E-state index contributed by atoms with van der Waals surface area (Å²) in [6.45, 7) is 14.3. The average Bonchev–Trinajstić information content (AvgIpc) is 3.51. The van der Waals surface area contributed by atoms with Crippen LogP contribution in [0.2, 0.25) is 0 Å². The van der Waals surface area contributed by atoms with Gasteiger partial charge in [-0.3, -0.25) is 9.69 Å². The summed E-state index contributed by atoms with van der Waals surface area (Å²) in [7, 11) is 0. The van der Waals surface area contributed by atoms with E-state index < -0.39 is 0 Å². The van der Waals surface area contributed by atoms with Crippen LogP contribution in [0.1, 0.15) is 52.6 Å². The van der Waals surface area contributed by atoms with Crippen molar-refractivity contribution in [2.24, 2.45) is 0 Å². The van der Waals surface area contributed by atoms with E-state index in [1.165, 1.54) is 11.9 Å². The Bertz CT molecular complexity index is 1840. The van der Waals surface area contributed by atoms with E-state index in [2.05, 4.69) is 66.5 Å². The number of piperazine rings is 1. The van der Waals surface area contributed by atoms with Gasteiger partial charge in [-0.1, -0.05) is 35.5 Å². The predicted octanol–water partition coefficient (Wildman–Crippen LogP) is 6.89. The van der Waals surface area contributed by atoms with Crippen molar-refractivity contribution in [2.45, 2.75) is 53.5 Å². The highest BCUT2D eigenvalue weighted by Gasteiger charge is 2.21. The zero-order valence-electron chi connectivity index (χ0n) is 28.2. The number of para-hydroxylation sites is 1. The fourth-order valence-corrected chi connectivity index (χ4v) is 5.80. The molecule has 1 fully saturated rings. The van der Waals surface area contributed by atoms with E-state index in [4.69, 9.17) is 9.26 Å². The number of ether oxygens (including phenoxy) is 1. The molecule has 0 unspecified atom stereocenters. The average molecular weight is 647 g/mol. The van der Waals surface area contributed by atoms with Crippen LogP contribution in [0.3, 0.4) is 0 Å². The van der Waals surface area contributed by atoms with Crippen molar-refractivity contribution in [1.82, 2.24) is 25.0 Å². The standard InChI is InChI=1S/C37H42N8O3/c1-24(2)44-18-20-45(21-19-44)30-15-13-29(14-16-30)40-37-38-23-32(35(46)41-34-25(3)8-6-9-26(34)4)36(42-37)47-31-11-7-10-28(22-31)12-17-33-39-27(5)43-48-33/h6-11,13-16,22-24H,12,17-21H2,1-5H3,(H,41,46)(H,38,40,42). The SMILES string of the molecule is Cc1noc(CCc2cccc(Oc3nc(Nc4ccc(N5CCN(C(C)C)CC5)cc4)ncc3C(=O)Nc3c(C)cccc3C)c2)n1. The fourth-order valence-electron chi connectivity index (χ4n) is 5.80.